The van der Waals surface area contributed by atoms with Crippen LogP contribution < -0.4 is 10.6 Å². The summed E-state index contributed by atoms with van der Waals surface area (Å²) in [5, 5.41) is 3.86. The van der Waals surface area contributed by atoms with Crippen LogP contribution >= 0.6 is 34.8 Å². The Hall–Kier alpha value is -1.04. The van der Waals surface area contributed by atoms with Crippen molar-refractivity contribution in [3.05, 3.63) is 28.0 Å². The van der Waals surface area contributed by atoms with Gasteiger partial charge in [-0.05, 0) is 12.1 Å². The molecule has 0 atom stereocenters. The first-order valence-corrected chi connectivity index (χ1v) is 6.04. The molecule has 0 heterocycles. The van der Waals surface area contributed by atoms with Crippen molar-refractivity contribution in [2.24, 2.45) is 0 Å². The fraction of sp³-hybridized carbons (Fsp3) is 0.200. The van der Waals surface area contributed by atoms with Gasteiger partial charge in [-0.2, -0.15) is 0 Å². The number of anilines is 1. The van der Waals surface area contributed by atoms with E-state index in [0.29, 0.717) is 0 Å². The number of carbonyl (C=O) groups is 2. The molecule has 98 valence electrons. The van der Waals surface area contributed by atoms with Crippen molar-refractivity contribution in [3.8, 4) is 0 Å². The molecule has 0 unspecified atom stereocenters. The van der Waals surface area contributed by atoms with E-state index >= 15 is 0 Å². The van der Waals surface area contributed by atoms with Crippen molar-refractivity contribution in [3.63, 3.8) is 0 Å². The molecule has 3 amide bonds. The van der Waals surface area contributed by atoms with Gasteiger partial charge in [0.25, 0.3) is 0 Å². The van der Waals surface area contributed by atoms with E-state index in [0.717, 1.165) is 0 Å². The number of benzene rings is 1. The molecule has 0 saturated heterocycles. The summed E-state index contributed by atoms with van der Waals surface area (Å²) in [6.07, 6.45) is 0.0138. The first-order chi connectivity index (χ1) is 8.43. The average Bonchev–Trinajstić information content (AvgIpc) is 2.25. The number of halogens is 4. The predicted octanol–water partition coefficient (Wildman–Crippen LogP) is 3.41. The van der Waals surface area contributed by atoms with Gasteiger partial charge in [0, 0.05) is 18.0 Å². The highest BCUT2D eigenvalue weighted by atomic mass is 35.5. The van der Waals surface area contributed by atoms with Crippen LogP contribution in [-0.2, 0) is 4.79 Å². The lowest BCUT2D eigenvalue weighted by molar-refractivity contribution is -0.119. The van der Waals surface area contributed by atoms with Crippen molar-refractivity contribution in [1.29, 1.82) is 0 Å². The summed E-state index contributed by atoms with van der Waals surface area (Å²) >= 11 is 16.4. The molecule has 1 aromatic carbocycles. The fourth-order valence-corrected chi connectivity index (χ4v) is 1.72. The maximum atomic E-state index is 13.1. The molecule has 0 saturated carbocycles. The van der Waals surface area contributed by atoms with Gasteiger partial charge in [-0.3, -0.25) is 10.1 Å². The number of hydrogen-bond donors (Lipinski definition) is 2. The van der Waals surface area contributed by atoms with E-state index in [-0.39, 0.29) is 28.0 Å². The molecular formula is C10H8Cl3FN2O2. The minimum absolute atomic E-state index is 0.0138. The van der Waals surface area contributed by atoms with Crippen LogP contribution in [0.15, 0.2) is 12.1 Å². The van der Waals surface area contributed by atoms with Crippen molar-refractivity contribution >= 4 is 52.4 Å². The summed E-state index contributed by atoms with van der Waals surface area (Å²) < 4.78 is 13.1. The van der Waals surface area contributed by atoms with Crippen LogP contribution in [0.25, 0.3) is 0 Å². The Morgan fingerprint density at radius 3 is 2.28 bits per heavy atom. The number of carbonyl (C=O) groups excluding carboxylic acids is 2. The number of imide groups is 1. The summed E-state index contributed by atoms with van der Waals surface area (Å²) in [6.45, 7) is 0. The SMILES string of the molecule is O=C(CCCl)NC(=O)Nc1cc(Cl)c(F)c(Cl)c1. The highest BCUT2D eigenvalue weighted by Gasteiger charge is 2.11. The monoisotopic (exact) mass is 312 g/mol. The minimum Gasteiger partial charge on any atom is -0.308 e. The Bertz CT molecular complexity index is 459. The van der Waals surface area contributed by atoms with Gasteiger partial charge in [0.05, 0.1) is 10.0 Å². The Labute approximate surface area is 117 Å². The molecule has 0 aliphatic heterocycles. The molecular weight excluding hydrogens is 305 g/mol. The predicted molar refractivity (Wildman–Crippen MR) is 68.9 cm³/mol. The molecule has 4 nitrogen and oxygen atoms in total. The maximum absolute atomic E-state index is 13.1. The Morgan fingerprint density at radius 2 is 1.78 bits per heavy atom. The lowest BCUT2D eigenvalue weighted by Crippen LogP contribution is -2.34. The Kier molecular flexibility index (Phi) is 5.65. The summed E-state index contributed by atoms with van der Waals surface area (Å²) in [5.41, 5.74) is 0.169. The topological polar surface area (TPSA) is 58.2 Å². The normalized spacial score (nSPS) is 10.0. The van der Waals surface area contributed by atoms with Gasteiger partial charge in [-0.25, -0.2) is 9.18 Å². The van der Waals surface area contributed by atoms with E-state index in [2.05, 4.69) is 5.32 Å². The molecule has 0 spiro atoms. The number of rotatable bonds is 3. The van der Waals surface area contributed by atoms with Crippen molar-refractivity contribution in [2.45, 2.75) is 6.42 Å². The third-order valence-electron chi connectivity index (χ3n) is 1.82. The number of nitrogens with one attached hydrogen (secondary N) is 2. The quantitative estimate of drug-likeness (QED) is 0.663. The maximum Gasteiger partial charge on any atom is 0.325 e. The summed E-state index contributed by atoms with van der Waals surface area (Å²) in [5.74, 6) is -1.20. The molecule has 0 aliphatic rings. The van der Waals surface area contributed by atoms with Crippen LogP contribution in [0.5, 0.6) is 0 Å². The fourth-order valence-electron chi connectivity index (χ4n) is 1.06. The highest BCUT2D eigenvalue weighted by molar-refractivity contribution is 6.35. The number of hydrogen-bond acceptors (Lipinski definition) is 2. The number of alkyl halides is 1. The van der Waals surface area contributed by atoms with E-state index in [4.69, 9.17) is 34.8 Å². The third-order valence-corrected chi connectivity index (χ3v) is 2.56. The second-order valence-electron chi connectivity index (χ2n) is 3.20. The van der Waals surface area contributed by atoms with E-state index in [9.17, 15) is 14.0 Å². The first kappa shape index (κ1) is 15.0. The van der Waals surface area contributed by atoms with E-state index in [1.807, 2.05) is 5.32 Å². The lowest BCUT2D eigenvalue weighted by Gasteiger charge is -2.07. The van der Waals surface area contributed by atoms with Crippen molar-refractivity contribution in [1.82, 2.24) is 5.32 Å². The van der Waals surface area contributed by atoms with Crippen LogP contribution in [-0.4, -0.2) is 17.8 Å². The van der Waals surface area contributed by atoms with E-state index in [1.165, 1.54) is 12.1 Å². The van der Waals surface area contributed by atoms with Crippen LogP contribution in [0.2, 0.25) is 10.0 Å². The van der Waals surface area contributed by atoms with Crippen LogP contribution in [0, 0.1) is 5.82 Å². The Morgan fingerprint density at radius 1 is 1.22 bits per heavy atom. The average molecular weight is 314 g/mol. The summed E-state index contributed by atoms with van der Waals surface area (Å²) in [6, 6.07) is 1.58. The minimum atomic E-state index is -0.775. The number of amides is 3. The van der Waals surface area contributed by atoms with Gasteiger partial charge in [0.2, 0.25) is 5.91 Å². The standard InChI is InChI=1S/C10H8Cl3FN2O2/c11-2-1-8(17)16-10(18)15-5-3-6(12)9(14)7(13)4-5/h3-4H,1-2H2,(H2,15,16,17,18). The molecule has 0 radical (unpaired) electrons. The first-order valence-electron chi connectivity index (χ1n) is 4.75. The van der Waals surface area contributed by atoms with E-state index in [1.54, 1.807) is 0 Å². The zero-order valence-corrected chi connectivity index (χ0v) is 11.2. The van der Waals surface area contributed by atoms with E-state index < -0.39 is 17.8 Å². The largest absolute Gasteiger partial charge is 0.325 e. The molecule has 0 fully saturated rings. The molecule has 8 heteroatoms. The van der Waals surface area contributed by atoms with Crippen molar-refractivity contribution in [2.75, 3.05) is 11.2 Å². The Balaban J connectivity index is 2.68. The second kappa shape index (κ2) is 6.78. The smallest absolute Gasteiger partial charge is 0.308 e. The second-order valence-corrected chi connectivity index (χ2v) is 4.39. The van der Waals surface area contributed by atoms with Gasteiger partial charge in [-0.15, -0.1) is 11.6 Å². The number of urea groups is 1. The lowest BCUT2D eigenvalue weighted by atomic mass is 10.3. The zero-order chi connectivity index (χ0) is 13.7. The van der Waals surface area contributed by atoms with Crippen LogP contribution in [0.1, 0.15) is 6.42 Å². The van der Waals surface area contributed by atoms with Gasteiger partial charge in [-0.1, -0.05) is 23.2 Å². The van der Waals surface area contributed by atoms with Crippen molar-refractivity contribution < 1.29 is 14.0 Å². The van der Waals surface area contributed by atoms with Crippen LogP contribution in [0.4, 0.5) is 14.9 Å². The molecule has 0 aromatic heterocycles. The highest BCUT2D eigenvalue weighted by Crippen LogP contribution is 2.27. The molecule has 0 bridgehead atoms. The van der Waals surface area contributed by atoms with Gasteiger partial charge >= 0.3 is 6.03 Å². The summed E-state index contributed by atoms with van der Waals surface area (Å²) in [4.78, 5) is 22.4. The molecule has 2 N–H and O–H groups in total. The summed E-state index contributed by atoms with van der Waals surface area (Å²) in [7, 11) is 0. The molecule has 1 rings (SSSR count). The van der Waals surface area contributed by atoms with Gasteiger partial charge in [0.15, 0.2) is 5.82 Å². The van der Waals surface area contributed by atoms with Crippen LogP contribution in [0.3, 0.4) is 0 Å². The third kappa shape index (κ3) is 4.33. The molecule has 18 heavy (non-hydrogen) atoms. The molecule has 1 aromatic rings. The van der Waals surface area contributed by atoms with Gasteiger partial charge < -0.3 is 5.32 Å². The molecule has 0 aliphatic carbocycles. The zero-order valence-electron chi connectivity index (χ0n) is 8.90. The van der Waals surface area contributed by atoms with Gasteiger partial charge in [0.1, 0.15) is 0 Å².